The Kier molecular flexibility index (Phi) is 3.77. The predicted molar refractivity (Wildman–Crippen MR) is 80.4 cm³/mol. The van der Waals surface area contributed by atoms with Gasteiger partial charge in [0.25, 0.3) is 0 Å². The highest BCUT2D eigenvalue weighted by molar-refractivity contribution is 5.35. The van der Waals surface area contributed by atoms with Gasteiger partial charge in [-0.2, -0.15) is 0 Å². The quantitative estimate of drug-likeness (QED) is 0.875. The van der Waals surface area contributed by atoms with Crippen LogP contribution in [0.4, 0.5) is 0 Å². The molecule has 0 fully saturated rings. The molecule has 1 atom stereocenters. The molecule has 0 saturated heterocycles. The highest BCUT2D eigenvalue weighted by Gasteiger charge is 2.24. The van der Waals surface area contributed by atoms with Gasteiger partial charge in [-0.05, 0) is 44.4 Å². The van der Waals surface area contributed by atoms with E-state index in [0.29, 0.717) is 6.42 Å². The normalized spacial score (nSPS) is 14.2. The highest BCUT2D eigenvalue weighted by atomic mass is 16.3. The van der Waals surface area contributed by atoms with Gasteiger partial charge in [0.1, 0.15) is 0 Å². The molecule has 1 unspecified atom stereocenters. The predicted octanol–water partition coefficient (Wildman–Crippen LogP) is 4.06. The molecule has 0 radical (unpaired) electrons. The number of aliphatic hydroxyl groups is 1. The maximum absolute atomic E-state index is 10.8. The molecule has 19 heavy (non-hydrogen) atoms. The van der Waals surface area contributed by atoms with Gasteiger partial charge in [-0.1, -0.05) is 53.6 Å². The van der Waals surface area contributed by atoms with E-state index in [4.69, 9.17) is 0 Å². The number of hydrogen-bond donors (Lipinski definition) is 1. The van der Waals surface area contributed by atoms with Crippen LogP contribution in [0.15, 0.2) is 42.5 Å². The Balaban J connectivity index is 2.34. The first-order valence-electron chi connectivity index (χ1n) is 6.74. The van der Waals surface area contributed by atoms with E-state index in [-0.39, 0.29) is 0 Å². The van der Waals surface area contributed by atoms with Gasteiger partial charge in [0.2, 0.25) is 0 Å². The zero-order valence-electron chi connectivity index (χ0n) is 12.2. The van der Waals surface area contributed by atoms with Crippen molar-refractivity contribution >= 4 is 0 Å². The molecule has 1 N–H and O–H groups in total. The average molecular weight is 254 g/mol. The van der Waals surface area contributed by atoms with Crippen LogP contribution in [0.2, 0.25) is 0 Å². The molecule has 0 aliphatic carbocycles. The summed E-state index contributed by atoms with van der Waals surface area (Å²) in [5.74, 6) is 0. The standard InChI is InChI=1S/C18H22O/c1-13-9-14(2)11-17(10-13)18(4,19)12-16-8-6-5-7-15(16)3/h5-11,19H,12H2,1-4H3. The zero-order valence-corrected chi connectivity index (χ0v) is 12.2. The summed E-state index contributed by atoms with van der Waals surface area (Å²) >= 11 is 0. The van der Waals surface area contributed by atoms with Gasteiger partial charge in [-0.15, -0.1) is 0 Å². The van der Waals surface area contributed by atoms with Crippen LogP contribution in [0.5, 0.6) is 0 Å². The Morgan fingerprint density at radius 3 is 2.11 bits per heavy atom. The Labute approximate surface area is 115 Å². The van der Waals surface area contributed by atoms with Crippen molar-refractivity contribution in [3.63, 3.8) is 0 Å². The fourth-order valence-electron chi connectivity index (χ4n) is 2.57. The van der Waals surface area contributed by atoms with Gasteiger partial charge in [0.15, 0.2) is 0 Å². The monoisotopic (exact) mass is 254 g/mol. The third kappa shape index (κ3) is 3.24. The fraction of sp³-hybridized carbons (Fsp3) is 0.333. The van der Waals surface area contributed by atoms with E-state index in [1.54, 1.807) is 0 Å². The van der Waals surface area contributed by atoms with Crippen molar-refractivity contribution < 1.29 is 5.11 Å². The molecule has 1 nitrogen and oxygen atoms in total. The Bertz CT molecular complexity index is 562. The van der Waals surface area contributed by atoms with Crippen molar-refractivity contribution in [1.29, 1.82) is 0 Å². The molecule has 0 spiro atoms. The van der Waals surface area contributed by atoms with Crippen LogP contribution in [0, 0.1) is 20.8 Å². The Hall–Kier alpha value is -1.60. The number of benzene rings is 2. The van der Waals surface area contributed by atoms with Crippen molar-refractivity contribution in [3.05, 3.63) is 70.3 Å². The molecule has 0 amide bonds. The summed E-state index contributed by atoms with van der Waals surface area (Å²) in [4.78, 5) is 0. The smallest absolute Gasteiger partial charge is 0.0909 e. The fourth-order valence-corrected chi connectivity index (χ4v) is 2.57. The van der Waals surface area contributed by atoms with E-state index in [2.05, 4.69) is 51.1 Å². The first-order chi connectivity index (χ1) is 8.88. The zero-order chi connectivity index (χ0) is 14.0. The molecule has 0 aliphatic rings. The second-order valence-electron chi connectivity index (χ2n) is 5.75. The van der Waals surface area contributed by atoms with Crippen LogP contribution in [-0.4, -0.2) is 5.11 Å². The summed E-state index contributed by atoms with van der Waals surface area (Å²) in [5.41, 5.74) is 4.98. The molecule has 2 rings (SSSR count). The van der Waals surface area contributed by atoms with E-state index in [1.807, 2.05) is 19.1 Å². The Morgan fingerprint density at radius 2 is 1.53 bits per heavy atom. The molecule has 0 aromatic heterocycles. The molecule has 1 heteroatoms. The van der Waals surface area contributed by atoms with E-state index >= 15 is 0 Å². The van der Waals surface area contributed by atoms with Crippen LogP contribution in [0.3, 0.4) is 0 Å². The maximum atomic E-state index is 10.8. The minimum absolute atomic E-state index is 0.641. The minimum atomic E-state index is -0.830. The molecule has 0 saturated carbocycles. The van der Waals surface area contributed by atoms with Gasteiger partial charge in [-0.3, -0.25) is 0 Å². The van der Waals surface area contributed by atoms with Crippen molar-refractivity contribution in [1.82, 2.24) is 0 Å². The van der Waals surface area contributed by atoms with Crippen LogP contribution in [0.25, 0.3) is 0 Å². The lowest BCUT2D eigenvalue weighted by Gasteiger charge is -2.26. The topological polar surface area (TPSA) is 20.2 Å². The first kappa shape index (κ1) is 13.8. The summed E-state index contributed by atoms with van der Waals surface area (Å²) in [7, 11) is 0. The van der Waals surface area contributed by atoms with Crippen LogP contribution < -0.4 is 0 Å². The average Bonchev–Trinajstić information content (AvgIpc) is 2.31. The van der Waals surface area contributed by atoms with E-state index in [1.165, 1.54) is 22.3 Å². The molecule has 100 valence electrons. The van der Waals surface area contributed by atoms with Crippen LogP contribution >= 0.6 is 0 Å². The number of hydrogen-bond acceptors (Lipinski definition) is 1. The summed E-state index contributed by atoms with van der Waals surface area (Å²) in [5, 5.41) is 10.8. The van der Waals surface area contributed by atoms with E-state index < -0.39 is 5.60 Å². The third-order valence-corrected chi connectivity index (χ3v) is 3.64. The van der Waals surface area contributed by atoms with Crippen LogP contribution in [-0.2, 0) is 12.0 Å². The summed E-state index contributed by atoms with van der Waals surface area (Å²) in [6, 6.07) is 14.5. The number of rotatable bonds is 3. The lowest BCUT2D eigenvalue weighted by molar-refractivity contribution is 0.0573. The lowest BCUT2D eigenvalue weighted by atomic mass is 9.86. The van der Waals surface area contributed by atoms with Gasteiger partial charge < -0.3 is 5.11 Å². The number of aryl methyl sites for hydroxylation is 3. The Morgan fingerprint density at radius 1 is 0.947 bits per heavy atom. The van der Waals surface area contributed by atoms with Gasteiger partial charge in [0.05, 0.1) is 5.60 Å². The van der Waals surface area contributed by atoms with Gasteiger partial charge >= 0.3 is 0 Å². The molecular formula is C18H22O. The van der Waals surface area contributed by atoms with Crippen molar-refractivity contribution in [2.24, 2.45) is 0 Å². The molecular weight excluding hydrogens is 232 g/mol. The summed E-state index contributed by atoms with van der Waals surface area (Å²) in [6.07, 6.45) is 0.641. The van der Waals surface area contributed by atoms with E-state index in [0.717, 1.165) is 5.56 Å². The van der Waals surface area contributed by atoms with E-state index in [9.17, 15) is 5.11 Å². The van der Waals surface area contributed by atoms with Crippen LogP contribution in [0.1, 0.15) is 34.7 Å². The first-order valence-corrected chi connectivity index (χ1v) is 6.74. The maximum Gasteiger partial charge on any atom is 0.0909 e. The van der Waals surface area contributed by atoms with Crippen molar-refractivity contribution in [3.8, 4) is 0 Å². The van der Waals surface area contributed by atoms with Crippen molar-refractivity contribution in [2.75, 3.05) is 0 Å². The minimum Gasteiger partial charge on any atom is -0.385 e. The lowest BCUT2D eigenvalue weighted by Crippen LogP contribution is -2.25. The van der Waals surface area contributed by atoms with Gasteiger partial charge in [-0.25, -0.2) is 0 Å². The molecule has 2 aromatic carbocycles. The summed E-state index contributed by atoms with van der Waals surface area (Å²) in [6.45, 7) is 8.13. The third-order valence-electron chi connectivity index (χ3n) is 3.64. The summed E-state index contributed by atoms with van der Waals surface area (Å²) < 4.78 is 0. The van der Waals surface area contributed by atoms with Gasteiger partial charge in [0, 0.05) is 6.42 Å². The molecule has 2 aromatic rings. The largest absolute Gasteiger partial charge is 0.385 e. The molecule has 0 bridgehead atoms. The molecule has 0 heterocycles. The molecule has 0 aliphatic heterocycles. The SMILES string of the molecule is Cc1cc(C)cc(C(C)(O)Cc2ccccc2C)c1. The highest BCUT2D eigenvalue weighted by Crippen LogP contribution is 2.28. The van der Waals surface area contributed by atoms with Crippen molar-refractivity contribution in [2.45, 2.75) is 39.7 Å². The second kappa shape index (κ2) is 5.18. The second-order valence-corrected chi connectivity index (χ2v) is 5.75.